The molecule has 23 heavy (non-hydrogen) atoms. The average Bonchev–Trinajstić information content (AvgIpc) is 3.24. The minimum Gasteiger partial charge on any atom is -0.367 e. The number of morpholine rings is 1. The van der Waals surface area contributed by atoms with Crippen molar-refractivity contribution in [3.05, 3.63) is 30.4 Å². The van der Waals surface area contributed by atoms with Crippen molar-refractivity contribution in [1.29, 1.82) is 0 Å². The van der Waals surface area contributed by atoms with Gasteiger partial charge >= 0.3 is 0 Å². The quantitative estimate of drug-likeness (QED) is 0.892. The first-order valence-corrected chi connectivity index (χ1v) is 7.91. The highest BCUT2D eigenvalue weighted by molar-refractivity contribution is 5.76. The largest absolute Gasteiger partial charge is 0.367 e. The van der Waals surface area contributed by atoms with E-state index in [0.717, 1.165) is 5.82 Å². The Bertz CT molecular complexity index is 636. The Labute approximate surface area is 134 Å². The summed E-state index contributed by atoms with van der Waals surface area (Å²) in [4.78, 5) is 22.7. The molecular weight excluding hydrogens is 296 g/mol. The summed E-state index contributed by atoms with van der Waals surface area (Å²) in [6.07, 6.45) is 5.51. The van der Waals surface area contributed by atoms with E-state index < -0.39 is 0 Å². The highest BCUT2D eigenvalue weighted by atomic mass is 16.5. The van der Waals surface area contributed by atoms with Crippen LogP contribution in [-0.2, 0) is 16.1 Å². The van der Waals surface area contributed by atoms with E-state index in [9.17, 15) is 4.79 Å². The zero-order chi connectivity index (χ0) is 16.2. The van der Waals surface area contributed by atoms with Crippen molar-refractivity contribution in [2.24, 2.45) is 0 Å². The molecule has 2 aromatic rings. The number of aromatic amines is 1. The highest BCUT2D eigenvalue weighted by Crippen LogP contribution is 2.21. The molecule has 8 nitrogen and oxygen atoms in total. The van der Waals surface area contributed by atoms with Crippen molar-refractivity contribution in [2.75, 3.05) is 19.7 Å². The van der Waals surface area contributed by atoms with E-state index in [1.54, 1.807) is 12.5 Å². The number of carbonyl (C=O) groups is 1. The van der Waals surface area contributed by atoms with Crippen LogP contribution in [0.25, 0.3) is 0 Å². The zero-order valence-electron chi connectivity index (χ0n) is 13.5. The van der Waals surface area contributed by atoms with E-state index in [2.05, 4.69) is 20.2 Å². The Hall–Kier alpha value is -2.22. The van der Waals surface area contributed by atoms with Crippen LogP contribution >= 0.6 is 0 Å². The van der Waals surface area contributed by atoms with Gasteiger partial charge in [0, 0.05) is 37.8 Å². The first-order chi connectivity index (χ1) is 11.1. The van der Waals surface area contributed by atoms with Crippen molar-refractivity contribution >= 4 is 5.91 Å². The smallest absolute Gasteiger partial charge is 0.224 e. The lowest BCUT2D eigenvalue weighted by molar-refractivity contribution is -0.139. The lowest BCUT2D eigenvalue weighted by Gasteiger charge is -2.32. The van der Waals surface area contributed by atoms with Crippen LogP contribution in [0.5, 0.6) is 0 Å². The number of nitrogens with one attached hydrogen (secondary N) is 1. The van der Waals surface area contributed by atoms with E-state index in [0.29, 0.717) is 38.5 Å². The van der Waals surface area contributed by atoms with Crippen LogP contribution in [0.2, 0.25) is 0 Å². The topological polar surface area (TPSA) is 88.9 Å². The molecule has 1 N–H and O–H groups in total. The van der Waals surface area contributed by atoms with Gasteiger partial charge in [-0.25, -0.2) is 9.97 Å². The number of aryl methyl sites for hydroxylation is 1. The number of aromatic nitrogens is 5. The van der Waals surface area contributed by atoms with Gasteiger partial charge in [-0.2, -0.15) is 5.10 Å². The molecule has 1 saturated heterocycles. The molecule has 3 rings (SSSR count). The summed E-state index contributed by atoms with van der Waals surface area (Å²) in [7, 11) is 0. The third kappa shape index (κ3) is 3.76. The summed E-state index contributed by atoms with van der Waals surface area (Å²) in [6.45, 7) is 6.36. The molecule has 2 aromatic heterocycles. The standard InChI is InChI=1S/C15H22N6O2/c1-11(2)14-17-15(19-18-14)12-9-21(7-8-23-12)13(22)3-5-20-6-4-16-10-20/h4,6,10-12H,3,5,7-9H2,1-2H3,(H,17,18,19)/t12-/m0/s1. The molecule has 0 unspecified atom stereocenters. The Morgan fingerprint density at radius 2 is 2.39 bits per heavy atom. The molecule has 8 heteroatoms. The van der Waals surface area contributed by atoms with Crippen LogP contribution in [0.1, 0.15) is 43.9 Å². The third-order valence-electron chi connectivity index (χ3n) is 3.90. The summed E-state index contributed by atoms with van der Waals surface area (Å²) in [6, 6.07) is 0. The van der Waals surface area contributed by atoms with Crippen LogP contribution in [0.4, 0.5) is 0 Å². The molecule has 1 amide bonds. The minimum atomic E-state index is -0.235. The van der Waals surface area contributed by atoms with Crippen LogP contribution in [0.3, 0.4) is 0 Å². The van der Waals surface area contributed by atoms with Gasteiger partial charge < -0.3 is 14.2 Å². The number of nitrogens with zero attached hydrogens (tertiary/aromatic N) is 5. The molecule has 1 aliphatic rings. The number of rotatable bonds is 5. The summed E-state index contributed by atoms with van der Waals surface area (Å²) >= 11 is 0. The molecule has 0 saturated carbocycles. The molecule has 0 bridgehead atoms. The van der Waals surface area contributed by atoms with E-state index in [4.69, 9.17) is 4.74 Å². The van der Waals surface area contributed by atoms with E-state index >= 15 is 0 Å². The first kappa shape index (κ1) is 15.7. The Kier molecular flexibility index (Phi) is 4.71. The fraction of sp³-hybridized carbons (Fsp3) is 0.600. The van der Waals surface area contributed by atoms with Crippen LogP contribution in [-0.4, -0.2) is 55.2 Å². The van der Waals surface area contributed by atoms with Crippen molar-refractivity contribution < 1.29 is 9.53 Å². The van der Waals surface area contributed by atoms with Crippen molar-refractivity contribution in [3.63, 3.8) is 0 Å². The van der Waals surface area contributed by atoms with Gasteiger partial charge in [0.05, 0.1) is 19.5 Å². The fourth-order valence-electron chi connectivity index (χ4n) is 2.53. The number of ether oxygens (including phenoxy) is 1. The number of carbonyl (C=O) groups excluding carboxylic acids is 1. The maximum atomic E-state index is 12.4. The molecule has 0 spiro atoms. The molecule has 0 aliphatic carbocycles. The van der Waals surface area contributed by atoms with Gasteiger partial charge in [0.25, 0.3) is 0 Å². The predicted octanol–water partition coefficient (Wildman–Crippen LogP) is 1.11. The summed E-state index contributed by atoms with van der Waals surface area (Å²) in [5.41, 5.74) is 0. The molecule has 0 radical (unpaired) electrons. The Morgan fingerprint density at radius 1 is 1.52 bits per heavy atom. The van der Waals surface area contributed by atoms with Gasteiger partial charge in [-0.15, -0.1) is 0 Å². The number of imidazole rings is 1. The monoisotopic (exact) mass is 318 g/mol. The third-order valence-corrected chi connectivity index (χ3v) is 3.90. The lowest BCUT2D eigenvalue weighted by Crippen LogP contribution is -2.42. The second-order valence-corrected chi connectivity index (χ2v) is 5.98. The number of hydrogen-bond donors (Lipinski definition) is 1. The van der Waals surface area contributed by atoms with E-state index in [1.165, 1.54) is 0 Å². The molecule has 124 valence electrons. The summed E-state index contributed by atoms with van der Waals surface area (Å²) in [5, 5.41) is 7.14. The van der Waals surface area contributed by atoms with Crippen molar-refractivity contribution in [1.82, 2.24) is 29.6 Å². The average molecular weight is 318 g/mol. The van der Waals surface area contributed by atoms with E-state index in [-0.39, 0.29) is 17.9 Å². The van der Waals surface area contributed by atoms with Gasteiger partial charge in [-0.05, 0) is 0 Å². The first-order valence-electron chi connectivity index (χ1n) is 7.91. The van der Waals surface area contributed by atoms with Crippen LogP contribution < -0.4 is 0 Å². The summed E-state index contributed by atoms with van der Waals surface area (Å²) < 4.78 is 7.65. The molecule has 3 heterocycles. The maximum Gasteiger partial charge on any atom is 0.224 e. The normalized spacial score (nSPS) is 18.6. The second kappa shape index (κ2) is 6.91. The van der Waals surface area contributed by atoms with Crippen molar-refractivity contribution in [2.45, 2.75) is 38.8 Å². The molecule has 0 aromatic carbocycles. The molecular formula is C15H22N6O2. The van der Waals surface area contributed by atoms with Crippen molar-refractivity contribution in [3.8, 4) is 0 Å². The maximum absolute atomic E-state index is 12.4. The van der Waals surface area contributed by atoms with Gasteiger partial charge in [0.15, 0.2) is 11.6 Å². The fourth-order valence-corrected chi connectivity index (χ4v) is 2.53. The number of hydrogen-bond acceptors (Lipinski definition) is 5. The van der Waals surface area contributed by atoms with Crippen LogP contribution in [0.15, 0.2) is 18.7 Å². The van der Waals surface area contributed by atoms with Gasteiger partial charge in [0.1, 0.15) is 6.10 Å². The number of H-pyrrole nitrogens is 1. The van der Waals surface area contributed by atoms with Gasteiger partial charge in [0.2, 0.25) is 5.91 Å². The Morgan fingerprint density at radius 3 is 3.09 bits per heavy atom. The van der Waals surface area contributed by atoms with Crippen LogP contribution in [0, 0.1) is 0 Å². The predicted molar refractivity (Wildman–Crippen MR) is 82.6 cm³/mol. The number of amides is 1. The molecule has 1 atom stereocenters. The zero-order valence-corrected chi connectivity index (χ0v) is 13.5. The lowest BCUT2D eigenvalue weighted by atomic mass is 10.2. The second-order valence-electron chi connectivity index (χ2n) is 5.98. The molecule has 1 fully saturated rings. The van der Waals surface area contributed by atoms with E-state index in [1.807, 2.05) is 29.5 Å². The van der Waals surface area contributed by atoms with Gasteiger partial charge in [-0.1, -0.05) is 13.8 Å². The highest BCUT2D eigenvalue weighted by Gasteiger charge is 2.27. The molecule has 1 aliphatic heterocycles. The van der Waals surface area contributed by atoms with Gasteiger partial charge in [-0.3, -0.25) is 9.89 Å². The summed E-state index contributed by atoms with van der Waals surface area (Å²) in [5.74, 6) is 1.85. The Balaban J connectivity index is 1.57. The SMILES string of the molecule is CC(C)c1n[nH]c([C@@H]2CN(C(=O)CCn3ccnc3)CCO2)n1. The minimum absolute atomic E-state index is 0.121.